The quantitative estimate of drug-likeness (QED) is 0.289. The number of nitrogens with one attached hydrogen (secondary N) is 2. The summed E-state index contributed by atoms with van der Waals surface area (Å²) in [4.78, 5) is 17.1. The third-order valence-corrected chi connectivity index (χ3v) is 6.53. The maximum atomic E-state index is 14.0. The molecule has 37 heavy (non-hydrogen) atoms. The standard InChI is InChI=1S/C29H33FN4O2S/c1-2-3-20-36-26-14-8-22(9-15-26)28(35)32-29(37)31-24-10-12-25(13-11-24)34-18-16-33(17-19-34)21-23-6-4-5-7-27(23)30/h4-15H,2-3,16-21H2,1H3,(H2,31,32,35,37). The molecule has 0 spiro atoms. The van der Waals surface area contributed by atoms with Gasteiger partial charge in [-0.2, -0.15) is 0 Å². The minimum Gasteiger partial charge on any atom is -0.494 e. The van der Waals surface area contributed by atoms with E-state index in [1.54, 1.807) is 30.3 Å². The van der Waals surface area contributed by atoms with Gasteiger partial charge in [0.2, 0.25) is 0 Å². The van der Waals surface area contributed by atoms with Crippen molar-refractivity contribution in [1.29, 1.82) is 0 Å². The van der Waals surface area contributed by atoms with Gasteiger partial charge in [0.25, 0.3) is 5.91 Å². The van der Waals surface area contributed by atoms with Gasteiger partial charge in [-0.15, -0.1) is 0 Å². The fraction of sp³-hybridized carbons (Fsp3) is 0.310. The molecule has 2 N–H and O–H groups in total. The van der Waals surface area contributed by atoms with Gasteiger partial charge >= 0.3 is 0 Å². The number of hydrogen-bond acceptors (Lipinski definition) is 5. The van der Waals surface area contributed by atoms with Crippen molar-refractivity contribution in [3.05, 3.63) is 89.7 Å². The van der Waals surface area contributed by atoms with Crippen molar-refractivity contribution in [3.8, 4) is 5.75 Å². The number of anilines is 2. The molecule has 1 aliphatic heterocycles. The van der Waals surface area contributed by atoms with E-state index in [0.29, 0.717) is 18.7 Å². The van der Waals surface area contributed by atoms with E-state index >= 15 is 0 Å². The van der Waals surface area contributed by atoms with Crippen molar-refractivity contribution in [2.45, 2.75) is 26.3 Å². The number of piperazine rings is 1. The van der Waals surface area contributed by atoms with Gasteiger partial charge in [-0.3, -0.25) is 15.0 Å². The van der Waals surface area contributed by atoms with Gasteiger partial charge in [-0.25, -0.2) is 4.39 Å². The molecule has 0 atom stereocenters. The number of hydrogen-bond donors (Lipinski definition) is 2. The molecule has 1 amide bonds. The normalized spacial score (nSPS) is 13.7. The van der Waals surface area contributed by atoms with Crippen LogP contribution in [0, 0.1) is 5.82 Å². The van der Waals surface area contributed by atoms with E-state index in [0.717, 1.165) is 61.7 Å². The molecule has 194 valence electrons. The second-order valence-electron chi connectivity index (χ2n) is 9.04. The van der Waals surface area contributed by atoms with E-state index in [-0.39, 0.29) is 16.8 Å². The van der Waals surface area contributed by atoms with E-state index in [4.69, 9.17) is 17.0 Å². The van der Waals surface area contributed by atoms with Crippen LogP contribution in [0.15, 0.2) is 72.8 Å². The SMILES string of the molecule is CCCCOc1ccc(C(=O)NC(=S)Nc2ccc(N3CCN(Cc4ccccc4F)CC3)cc2)cc1. The Hall–Kier alpha value is -3.49. The Morgan fingerprint density at radius 1 is 0.973 bits per heavy atom. The molecule has 8 heteroatoms. The highest BCUT2D eigenvalue weighted by Crippen LogP contribution is 2.21. The van der Waals surface area contributed by atoms with Crippen molar-refractivity contribution in [1.82, 2.24) is 10.2 Å². The molecule has 1 aliphatic rings. The van der Waals surface area contributed by atoms with Crippen LogP contribution in [0.5, 0.6) is 5.75 Å². The Balaban J connectivity index is 1.22. The third-order valence-electron chi connectivity index (χ3n) is 6.32. The zero-order valence-electron chi connectivity index (χ0n) is 21.1. The van der Waals surface area contributed by atoms with Crippen molar-refractivity contribution < 1.29 is 13.9 Å². The number of benzene rings is 3. The Labute approximate surface area is 223 Å². The molecule has 0 radical (unpaired) electrons. The average Bonchev–Trinajstić information content (AvgIpc) is 2.91. The summed E-state index contributed by atoms with van der Waals surface area (Å²) in [5.41, 5.74) is 3.17. The summed E-state index contributed by atoms with van der Waals surface area (Å²) in [5, 5.41) is 6.03. The lowest BCUT2D eigenvalue weighted by Gasteiger charge is -2.36. The Kier molecular flexibility index (Phi) is 9.46. The fourth-order valence-electron chi connectivity index (χ4n) is 4.16. The number of rotatable bonds is 9. The smallest absolute Gasteiger partial charge is 0.257 e. The van der Waals surface area contributed by atoms with Crippen LogP contribution in [-0.4, -0.2) is 48.7 Å². The summed E-state index contributed by atoms with van der Waals surface area (Å²) in [7, 11) is 0. The molecular formula is C29H33FN4O2S. The first kappa shape index (κ1) is 26.6. The lowest BCUT2D eigenvalue weighted by Crippen LogP contribution is -2.46. The molecule has 0 bridgehead atoms. The molecule has 3 aromatic carbocycles. The number of unbranched alkanes of at least 4 members (excludes halogenated alkanes) is 1. The largest absolute Gasteiger partial charge is 0.494 e. The lowest BCUT2D eigenvalue weighted by atomic mass is 10.1. The van der Waals surface area contributed by atoms with Gasteiger partial charge in [-0.05, 0) is 73.2 Å². The van der Waals surface area contributed by atoms with Crippen LogP contribution in [0.2, 0.25) is 0 Å². The Morgan fingerprint density at radius 3 is 2.35 bits per heavy atom. The number of nitrogens with zero attached hydrogens (tertiary/aromatic N) is 2. The molecule has 0 aliphatic carbocycles. The predicted molar refractivity (Wildman–Crippen MR) is 151 cm³/mol. The molecule has 0 aromatic heterocycles. The summed E-state index contributed by atoms with van der Waals surface area (Å²) in [6, 6.07) is 22.0. The van der Waals surface area contributed by atoms with E-state index in [1.165, 1.54) is 6.07 Å². The van der Waals surface area contributed by atoms with Crippen molar-refractivity contribution in [2.75, 3.05) is 43.0 Å². The maximum absolute atomic E-state index is 14.0. The predicted octanol–water partition coefficient (Wildman–Crippen LogP) is 5.45. The lowest BCUT2D eigenvalue weighted by molar-refractivity contribution is 0.0977. The second kappa shape index (κ2) is 13.2. The molecule has 3 aromatic rings. The number of amides is 1. The van der Waals surface area contributed by atoms with Gasteiger partial charge in [0.15, 0.2) is 5.11 Å². The van der Waals surface area contributed by atoms with E-state index in [2.05, 4.69) is 27.4 Å². The van der Waals surface area contributed by atoms with Crippen LogP contribution in [0.25, 0.3) is 0 Å². The average molecular weight is 521 g/mol. The highest BCUT2D eigenvalue weighted by Gasteiger charge is 2.18. The number of halogens is 1. The van der Waals surface area contributed by atoms with Crippen molar-refractivity contribution >= 4 is 34.6 Å². The highest BCUT2D eigenvalue weighted by molar-refractivity contribution is 7.80. The molecule has 4 rings (SSSR count). The summed E-state index contributed by atoms with van der Waals surface area (Å²) in [5.74, 6) is 0.326. The fourth-order valence-corrected chi connectivity index (χ4v) is 4.37. The van der Waals surface area contributed by atoms with Gasteiger partial charge < -0.3 is 15.0 Å². The topological polar surface area (TPSA) is 56.8 Å². The van der Waals surface area contributed by atoms with E-state index in [1.807, 2.05) is 36.4 Å². The Morgan fingerprint density at radius 2 is 1.68 bits per heavy atom. The highest BCUT2D eigenvalue weighted by atomic mass is 32.1. The number of ether oxygens (including phenoxy) is 1. The summed E-state index contributed by atoms with van der Waals surface area (Å²) in [6.45, 7) is 6.90. The van der Waals surface area contributed by atoms with Gasteiger partial charge in [0, 0.05) is 55.2 Å². The monoisotopic (exact) mass is 520 g/mol. The van der Waals surface area contributed by atoms with Crippen LogP contribution in [0.3, 0.4) is 0 Å². The summed E-state index contributed by atoms with van der Waals surface area (Å²) >= 11 is 5.33. The Bertz CT molecular complexity index is 1180. The first-order chi connectivity index (χ1) is 18.0. The third kappa shape index (κ3) is 7.74. The molecule has 6 nitrogen and oxygen atoms in total. The summed E-state index contributed by atoms with van der Waals surface area (Å²) < 4.78 is 19.6. The zero-order chi connectivity index (χ0) is 26.0. The first-order valence-electron chi connectivity index (χ1n) is 12.7. The number of thiocarbonyl (C=S) groups is 1. The molecule has 0 unspecified atom stereocenters. The van der Waals surface area contributed by atoms with Crippen LogP contribution in [-0.2, 0) is 6.54 Å². The van der Waals surface area contributed by atoms with Gasteiger partial charge in [-0.1, -0.05) is 31.5 Å². The molecule has 0 saturated carbocycles. The van der Waals surface area contributed by atoms with Crippen molar-refractivity contribution in [3.63, 3.8) is 0 Å². The number of carbonyl (C=O) groups excluding carboxylic acids is 1. The minimum absolute atomic E-state index is 0.146. The van der Waals surface area contributed by atoms with E-state index in [9.17, 15) is 9.18 Å². The van der Waals surface area contributed by atoms with Gasteiger partial charge in [0.1, 0.15) is 11.6 Å². The van der Waals surface area contributed by atoms with Crippen LogP contribution < -0.4 is 20.3 Å². The van der Waals surface area contributed by atoms with Crippen LogP contribution in [0.1, 0.15) is 35.7 Å². The molecule has 1 heterocycles. The number of carbonyl (C=O) groups is 1. The summed E-state index contributed by atoms with van der Waals surface area (Å²) in [6.07, 6.45) is 2.07. The first-order valence-corrected chi connectivity index (χ1v) is 13.1. The van der Waals surface area contributed by atoms with E-state index < -0.39 is 0 Å². The van der Waals surface area contributed by atoms with Crippen LogP contribution >= 0.6 is 12.2 Å². The maximum Gasteiger partial charge on any atom is 0.257 e. The van der Waals surface area contributed by atoms with Crippen molar-refractivity contribution in [2.24, 2.45) is 0 Å². The minimum atomic E-state index is -0.275. The zero-order valence-corrected chi connectivity index (χ0v) is 21.9. The molecule has 1 fully saturated rings. The molecule has 1 saturated heterocycles. The second-order valence-corrected chi connectivity index (χ2v) is 9.44. The van der Waals surface area contributed by atoms with Crippen LogP contribution in [0.4, 0.5) is 15.8 Å². The van der Waals surface area contributed by atoms with Gasteiger partial charge in [0.05, 0.1) is 6.61 Å². The molecular weight excluding hydrogens is 487 g/mol.